The number of carbonyl (C=O) groups is 2. The normalized spacial score (nSPS) is 17.4. The van der Waals surface area contributed by atoms with E-state index in [1.807, 2.05) is 79.1 Å². The number of carbonyl (C=O) groups excluding carboxylic acids is 2. The summed E-state index contributed by atoms with van der Waals surface area (Å²) in [7, 11) is 1.36. The summed E-state index contributed by atoms with van der Waals surface area (Å²) in [5, 5.41) is 5.32. The van der Waals surface area contributed by atoms with E-state index in [-0.39, 0.29) is 11.9 Å². The number of methoxy groups -OCH3 is 1. The summed E-state index contributed by atoms with van der Waals surface area (Å²) in [5.41, 5.74) is 8.08. The van der Waals surface area contributed by atoms with Crippen molar-refractivity contribution < 1.29 is 14.3 Å². The number of hydrogen-bond acceptors (Lipinski definition) is 6. The Hall–Kier alpha value is -5.09. The highest BCUT2D eigenvalue weighted by Crippen LogP contribution is 2.50. The van der Waals surface area contributed by atoms with Crippen molar-refractivity contribution in [1.29, 1.82) is 0 Å². The third-order valence-electron chi connectivity index (χ3n) is 11.4. The van der Waals surface area contributed by atoms with Crippen LogP contribution in [0.25, 0.3) is 33.4 Å². The van der Waals surface area contributed by atoms with Gasteiger partial charge in [-0.15, -0.1) is 0 Å². The number of hydrogen-bond donors (Lipinski definition) is 2. The summed E-state index contributed by atoms with van der Waals surface area (Å²) in [6, 6.07) is 27.4. The molecule has 1 unspecified atom stereocenters. The molecule has 1 saturated carbocycles. The van der Waals surface area contributed by atoms with Crippen LogP contribution >= 0.6 is 23.2 Å². The molecular weight excluding hydrogens is 719 g/mol. The zero-order valence-corrected chi connectivity index (χ0v) is 31.5. The van der Waals surface area contributed by atoms with E-state index in [4.69, 9.17) is 32.9 Å². The van der Waals surface area contributed by atoms with Gasteiger partial charge in [-0.3, -0.25) is 9.69 Å². The zero-order chi connectivity index (χ0) is 36.9. The minimum Gasteiger partial charge on any atom is -0.465 e. The number of rotatable bonds is 7. The van der Waals surface area contributed by atoms with E-state index in [2.05, 4.69) is 24.7 Å². The van der Waals surface area contributed by atoms with Gasteiger partial charge in [0.05, 0.1) is 47.8 Å². The summed E-state index contributed by atoms with van der Waals surface area (Å²) in [6.07, 6.45) is 8.30. The monoisotopic (exact) mass is 758 g/mol. The maximum Gasteiger partial charge on any atom is 0.337 e. The van der Waals surface area contributed by atoms with E-state index in [9.17, 15) is 9.59 Å². The number of imidazole rings is 1. The molecule has 9 rings (SSSR count). The molecule has 1 aliphatic carbocycles. The molecule has 1 atom stereocenters. The number of H-pyrrole nitrogens is 1. The average molecular weight is 760 g/mol. The lowest BCUT2D eigenvalue weighted by atomic mass is 9.88. The Morgan fingerprint density at radius 1 is 0.870 bits per heavy atom. The molecule has 274 valence electrons. The molecule has 6 aromatic rings. The molecule has 0 radical (unpaired) electrons. The number of benzene rings is 4. The molecule has 0 bridgehead atoms. The Morgan fingerprint density at radius 2 is 1.63 bits per heavy atom. The summed E-state index contributed by atoms with van der Waals surface area (Å²) < 4.78 is 7.21. The highest BCUT2D eigenvalue weighted by atomic mass is 35.5. The van der Waals surface area contributed by atoms with Crippen LogP contribution < -0.4 is 10.2 Å². The van der Waals surface area contributed by atoms with Crippen LogP contribution in [0.15, 0.2) is 91.3 Å². The first-order valence-corrected chi connectivity index (χ1v) is 19.4. The van der Waals surface area contributed by atoms with Crippen LogP contribution in [-0.4, -0.2) is 70.6 Å². The van der Waals surface area contributed by atoms with E-state index >= 15 is 0 Å². The van der Waals surface area contributed by atoms with Crippen LogP contribution in [0, 0.1) is 0 Å². The van der Waals surface area contributed by atoms with Crippen molar-refractivity contribution in [3.05, 3.63) is 124 Å². The maximum atomic E-state index is 14.8. The second-order valence-corrected chi connectivity index (χ2v) is 15.3. The molecule has 11 heteroatoms. The van der Waals surface area contributed by atoms with E-state index in [0.29, 0.717) is 33.0 Å². The standard InChI is InChI=1S/C43H40Cl2N6O3/c1-54-43(53)28-14-17-35(50-20-18-49(19-21-50)31-10-6-3-7-11-31)33(22-28)48-42(52)39-37-36-32(23-30(45)24-34(36)47-39)40(27-12-15-29(44)16-13-27)51-25-46-38(41(37)51)26-8-4-2-5-9-26/h2,4-5,8-9,12-17,22-25,31,40,47H,3,6-7,10-11,18-21H2,1H3,(H,48,52). The first kappa shape index (κ1) is 34.7. The van der Waals surface area contributed by atoms with Crippen LogP contribution in [0.4, 0.5) is 11.4 Å². The smallest absolute Gasteiger partial charge is 0.337 e. The largest absolute Gasteiger partial charge is 0.465 e. The average Bonchev–Trinajstić information content (AvgIpc) is 3.82. The van der Waals surface area contributed by atoms with E-state index in [0.717, 1.165) is 76.4 Å². The van der Waals surface area contributed by atoms with Gasteiger partial charge in [-0.2, -0.15) is 0 Å². The first-order valence-electron chi connectivity index (χ1n) is 18.6. The van der Waals surface area contributed by atoms with Gasteiger partial charge in [0.15, 0.2) is 0 Å². The molecule has 2 N–H and O–H groups in total. The Kier molecular flexibility index (Phi) is 9.17. The van der Waals surface area contributed by atoms with Gasteiger partial charge in [0.25, 0.3) is 5.91 Å². The highest BCUT2D eigenvalue weighted by molar-refractivity contribution is 6.32. The predicted octanol–water partition coefficient (Wildman–Crippen LogP) is 9.45. The minimum absolute atomic E-state index is 0.279. The van der Waals surface area contributed by atoms with Crippen LogP contribution in [0.1, 0.15) is 70.1 Å². The molecule has 0 spiro atoms. The number of piperazine rings is 1. The fraction of sp³-hybridized carbons (Fsp3) is 0.279. The van der Waals surface area contributed by atoms with E-state index in [1.165, 1.54) is 39.2 Å². The lowest BCUT2D eigenvalue weighted by molar-refractivity contribution is 0.0600. The quantitative estimate of drug-likeness (QED) is 0.157. The molecule has 2 fully saturated rings. The highest BCUT2D eigenvalue weighted by Gasteiger charge is 2.36. The molecule has 1 amide bonds. The van der Waals surface area contributed by atoms with Crippen LogP contribution in [0.5, 0.6) is 0 Å². The number of esters is 1. The number of ether oxygens (including phenoxy) is 1. The van der Waals surface area contributed by atoms with Crippen LogP contribution in [0.2, 0.25) is 10.0 Å². The second kappa shape index (κ2) is 14.3. The number of amides is 1. The number of fused-ring (bicyclic) bond motifs is 2. The number of aromatic amines is 1. The molecule has 1 saturated heterocycles. The van der Waals surface area contributed by atoms with Gasteiger partial charge in [0, 0.05) is 64.3 Å². The number of halogens is 2. The van der Waals surface area contributed by atoms with Gasteiger partial charge < -0.3 is 24.5 Å². The third kappa shape index (κ3) is 6.14. The molecular formula is C43H40Cl2N6O3. The first-order chi connectivity index (χ1) is 26.4. The Morgan fingerprint density at radius 3 is 2.37 bits per heavy atom. The SMILES string of the molecule is COC(=O)c1ccc(N2CCN(C3CCCCC3)CC2)c(NC(=O)c2[nH]c3cc(Cl)cc4c3c2-c2c(-c3ccccc3)ncn2C4c2ccc(Cl)cc2)c1. The number of aromatic nitrogens is 3. The molecule has 2 aromatic heterocycles. The summed E-state index contributed by atoms with van der Waals surface area (Å²) in [6.45, 7) is 3.55. The zero-order valence-electron chi connectivity index (χ0n) is 29.9. The van der Waals surface area contributed by atoms with Crippen molar-refractivity contribution in [3.63, 3.8) is 0 Å². The summed E-state index contributed by atoms with van der Waals surface area (Å²) in [4.78, 5) is 41.0. The lowest BCUT2D eigenvalue weighted by Crippen LogP contribution is -2.51. The Bertz CT molecular complexity index is 2370. The van der Waals surface area contributed by atoms with Gasteiger partial charge in [-0.25, -0.2) is 9.78 Å². The van der Waals surface area contributed by atoms with Gasteiger partial charge in [0.1, 0.15) is 5.69 Å². The fourth-order valence-corrected chi connectivity index (χ4v) is 9.17. The van der Waals surface area contributed by atoms with Crippen LogP contribution in [0.3, 0.4) is 0 Å². The van der Waals surface area contributed by atoms with Gasteiger partial charge in [0.2, 0.25) is 0 Å². The molecule has 3 aliphatic rings. The Balaban J connectivity index is 1.15. The maximum absolute atomic E-state index is 14.8. The van der Waals surface area contributed by atoms with Crippen molar-refractivity contribution in [2.45, 2.75) is 44.2 Å². The Labute approximate surface area is 323 Å². The van der Waals surface area contributed by atoms with Crippen molar-refractivity contribution in [2.75, 3.05) is 43.5 Å². The number of nitrogens with zero attached hydrogens (tertiary/aromatic N) is 4. The van der Waals surface area contributed by atoms with E-state index in [1.54, 1.807) is 12.1 Å². The fourth-order valence-electron chi connectivity index (χ4n) is 8.81. The van der Waals surface area contributed by atoms with Crippen LogP contribution in [-0.2, 0) is 4.74 Å². The van der Waals surface area contributed by atoms with Crippen molar-refractivity contribution >= 4 is 57.4 Å². The second-order valence-electron chi connectivity index (χ2n) is 14.5. The van der Waals surface area contributed by atoms with Crippen molar-refractivity contribution in [2.24, 2.45) is 0 Å². The summed E-state index contributed by atoms with van der Waals surface area (Å²) >= 11 is 13.2. The van der Waals surface area contributed by atoms with Gasteiger partial charge >= 0.3 is 5.97 Å². The molecule has 2 aliphatic heterocycles. The molecule has 54 heavy (non-hydrogen) atoms. The lowest BCUT2D eigenvalue weighted by Gasteiger charge is -2.42. The number of anilines is 2. The van der Waals surface area contributed by atoms with E-state index < -0.39 is 5.97 Å². The minimum atomic E-state index is -0.469. The topological polar surface area (TPSA) is 95.5 Å². The number of nitrogens with one attached hydrogen (secondary N) is 2. The van der Waals surface area contributed by atoms with Gasteiger partial charge in [-0.05, 0) is 66.4 Å². The third-order valence-corrected chi connectivity index (χ3v) is 11.8. The molecule has 4 heterocycles. The predicted molar refractivity (Wildman–Crippen MR) is 215 cm³/mol. The molecule has 9 nitrogen and oxygen atoms in total. The van der Waals surface area contributed by atoms with Crippen molar-refractivity contribution in [3.8, 4) is 22.5 Å². The van der Waals surface area contributed by atoms with Crippen molar-refractivity contribution in [1.82, 2.24) is 19.4 Å². The summed E-state index contributed by atoms with van der Waals surface area (Å²) in [5.74, 6) is -0.812. The van der Waals surface area contributed by atoms with Gasteiger partial charge in [-0.1, -0.05) is 84.9 Å². The molecule has 4 aromatic carbocycles.